The number of hydrogen-bond acceptors (Lipinski definition) is 5. The Bertz CT molecular complexity index is 1170. The van der Waals surface area contributed by atoms with Gasteiger partial charge >= 0.3 is 5.97 Å². The molecule has 3 aliphatic rings. The molecule has 1 N–H and O–H groups in total. The number of phenols is 1. The van der Waals surface area contributed by atoms with Gasteiger partial charge in [-0.1, -0.05) is 24.3 Å². The third-order valence-electron chi connectivity index (χ3n) is 8.65. The molecule has 2 saturated carbocycles. The van der Waals surface area contributed by atoms with Crippen molar-refractivity contribution in [2.75, 3.05) is 26.7 Å². The number of carbonyl (C=O) groups excluding carboxylic acids is 2. The lowest BCUT2D eigenvalue weighted by Crippen LogP contribution is -2.56. The second-order valence-corrected chi connectivity index (χ2v) is 11.2. The zero-order valence-electron chi connectivity index (χ0n) is 21.9. The van der Waals surface area contributed by atoms with E-state index in [4.69, 9.17) is 4.74 Å². The number of aromatic hydroxyl groups is 1. The van der Waals surface area contributed by atoms with Crippen LogP contribution in [0.15, 0.2) is 54.6 Å². The molecule has 1 saturated heterocycles. The quantitative estimate of drug-likeness (QED) is 0.327. The van der Waals surface area contributed by atoms with Crippen LogP contribution in [0.25, 0.3) is 6.08 Å². The van der Waals surface area contributed by atoms with Gasteiger partial charge < -0.3 is 19.6 Å². The number of benzene rings is 2. The monoisotopic (exact) mass is 502 g/mol. The van der Waals surface area contributed by atoms with Crippen LogP contribution in [0.5, 0.6) is 11.5 Å². The Labute approximate surface area is 219 Å². The molecular weight excluding hydrogens is 464 g/mol. The van der Waals surface area contributed by atoms with Gasteiger partial charge in [-0.15, -0.1) is 0 Å². The van der Waals surface area contributed by atoms with E-state index in [2.05, 4.69) is 17.0 Å². The summed E-state index contributed by atoms with van der Waals surface area (Å²) in [6.45, 7) is 4.80. The second kappa shape index (κ2) is 10.7. The van der Waals surface area contributed by atoms with E-state index in [-0.39, 0.29) is 29.1 Å². The standard InChI is InChI=1S/C31H38N2O4/c1-22(34)37-29-8-4-6-25(18-29)31-15-16-33(20-24-9-10-24)21-26(31)12-13-27(19-31)32(2)30(36)14-11-23-5-3-7-28(35)17-23/h3-8,11,14,17-18,24,26-27,35H,9-10,12-13,15-16,19-21H2,1-2H3/t26-,27-,31+/m1/s1. The molecule has 6 nitrogen and oxygen atoms in total. The summed E-state index contributed by atoms with van der Waals surface area (Å²) >= 11 is 0. The molecule has 196 valence electrons. The minimum absolute atomic E-state index is 0.0261. The molecule has 0 aromatic heterocycles. The fraction of sp³-hybridized carbons (Fsp3) is 0.484. The molecule has 1 heterocycles. The first-order valence-corrected chi connectivity index (χ1v) is 13.6. The topological polar surface area (TPSA) is 70.1 Å². The molecular formula is C31H38N2O4. The van der Waals surface area contributed by atoms with Crippen molar-refractivity contribution in [3.05, 3.63) is 65.7 Å². The van der Waals surface area contributed by atoms with Gasteiger partial charge in [-0.2, -0.15) is 0 Å². The Morgan fingerprint density at radius 3 is 2.70 bits per heavy atom. The number of phenolic OH excluding ortho intramolecular Hbond substituents is 1. The van der Waals surface area contributed by atoms with Gasteiger partial charge in [-0.25, -0.2) is 0 Å². The summed E-state index contributed by atoms with van der Waals surface area (Å²) in [7, 11) is 1.91. The predicted molar refractivity (Wildman–Crippen MR) is 144 cm³/mol. The Morgan fingerprint density at radius 2 is 1.95 bits per heavy atom. The molecule has 37 heavy (non-hydrogen) atoms. The molecule has 2 aliphatic carbocycles. The number of rotatable bonds is 7. The predicted octanol–water partition coefficient (Wildman–Crippen LogP) is 5.01. The van der Waals surface area contributed by atoms with Gasteiger partial charge in [0.15, 0.2) is 0 Å². The number of likely N-dealkylation sites (N-methyl/N-ethyl adjacent to an activating group) is 1. The highest BCUT2D eigenvalue weighted by molar-refractivity contribution is 5.91. The SMILES string of the molecule is CC(=O)Oc1cccc([C@@]23CCN(CC4CC4)C[C@H]2CC[C@@H](N(C)C(=O)C=Cc2cccc(O)c2)C3)c1. The first kappa shape index (κ1) is 25.5. The number of ether oxygens (including phenoxy) is 1. The number of carbonyl (C=O) groups is 2. The number of amides is 1. The van der Waals surface area contributed by atoms with Crippen LogP contribution in [0.2, 0.25) is 0 Å². The molecule has 1 amide bonds. The van der Waals surface area contributed by atoms with E-state index in [0.717, 1.165) is 50.3 Å². The molecule has 1 aliphatic heterocycles. The first-order chi connectivity index (χ1) is 17.8. The van der Waals surface area contributed by atoms with E-state index in [1.54, 1.807) is 30.4 Å². The van der Waals surface area contributed by atoms with Crippen molar-refractivity contribution < 1.29 is 19.4 Å². The van der Waals surface area contributed by atoms with E-state index in [1.807, 2.05) is 30.1 Å². The number of nitrogens with zero attached hydrogens (tertiary/aromatic N) is 2. The maximum absolute atomic E-state index is 13.2. The van der Waals surface area contributed by atoms with Crippen LogP contribution in [0.1, 0.15) is 56.6 Å². The minimum Gasteiger partial charge on any atom is -0.508 e. The summed E-state index contributed by atoms with van der Waals surface area (Å²) in [5.74, 6) is 1.83. The van der Waals surface area contributed by atoms with Crippen LogP contribution >= 0.6 is 0 Å². The number of piperidine rings is 1. The number of likely N-dealkylation sites (tertiary alicyclic amines) is 1. The van der Waals surface area contributed by atoms with Crippen LogP contribution in [0.4, 0.5) is 0 Å². The second-order valence-electron chi connectivity index (χ2n) is 11.2. The van der Waals surface area contributed by atoms with E-state index in [9.17, 15) is 14.7 Å². The van der Waals surface area contributed by atoms with Crippen LogP contribution in [0, 0.1) is 11.8 Å². The Morgan fingerprint density at radius 1 is 1.14 bits per heavy atom. The number of hydrogen-bond donors (Lipinski definition) is 1. The highest BCUT2D eigenvalue weighted by Crippen LogP contribution is 2.51. The van der Waals surface area contributed by atoms with Gasteiger partial charge in [0.1, 0.15) is 11.5 Å². The van der Waals surface area contributed by atoms with Crippen molar-refractivity contribution in [2.24, 2.45) is 11.8 Å². The van der Waals surface area contributed by atoms with E-state index < -0.39 is 0 Å². The molecule has 2 aromatic rings. The third-order valence-corrected chi connectivity index (χ3v) is 8.65. The van der Waals surface area contributed by atoms with Crippen molar-refractivity contribution in [3.63, 3.8) is 0 Å². The summed E-state index contributed by atoms with van der Waals surface area (Å²) in [6, 6.07) is 15.1. The first-order valence-electron chi connectivity index (χ1n) is 13.6. The Kier molecular flexibility index (Phi) is 7.38. The molecule has 0 unspecified atom stereocenters. The van der Waals surface area contributed by atoms with Crippen LogP contribution in [-0.4, -0.2) is 59.5 Å². The highest BCUT2D eigenvalue weighted by Gasteiger charge is 2.49. The van der Waals surface area contributed by atoms with E-state index in [0.29, 0.717) is 11.7 Å². The maximum Gasteiger partial charge on any atom is 0.308 e. The summed E-state index contributed by atoms with van der Waals surface area (Å²) < 4.78 is 5.46. The number of fused-ring (bicyclic) bond motifs is 1. The van der Waals surface area contributed by atoms with Gasteiger partial charge in [-0.05, 0) is 98.4 Å². The van der Waals surface area contributed by atoms with Gasteiger partial charge in [0, 0.05) is 44.6 Å². The van der Waals surface area contributed by atoms with Gasteiger partial charge in [-0.3, -0.25) is 9.59 Å². The van der Waals surface area contributed by atoms with Crippen molar-refractivity contribution in [1.82, 2.24) is 9.80 Å². The molecule has 6 heteroatoms. The van der Waals surface area contributed by atoms with Crippen molar-refractivity contribution >= 4 is 18.0 Å². The van der Waals surface area contributed by atoms with Crippen LogP contribution in [-0.2, 0) is 15.0 Å². The van der Waals surface area contributed by atoms with Crippen molar-refractivity contribution in [2.45, 2.75) is 56.9 Å². The summed E-state index contributed by atoms with van der Waals surface area (Å²) in [6.07, 6.45) is 10.1. The molecule has 0 bridgehead atoms. The van der Waals surface area contributed by atoms with Crippen molar-refractivity contribution in [1.29, 1.82) is 0 Å². The normalized spacial score (nSPS) is 26.0. The summed E-state index contributed by atoms with van der Waals surface area (Å²) in [5.41, 5.74) is 1.97. The zero-order chi connectivity index (χ0) is 26.0. The molecule has 2 aromatic carbocycles. The largest absolute Gasteiger partial charge is 0.508 e. The Balaban J connectivity index is 1.37. The van der Waals surface area contributed by atoms with Gasteiger partial charge in [0.25, 0.3) is 0 Å². The van der Waals surface area contributed by atoms with Crippen molar-refractivity contribution in [3.8, 4) is 11.5 Å². The highest BCUT2D eigenvalue weighted by atomic mass is 16.5. The Hall–Kier alpha value is -3.12. The van der Waals surface area contributed by atoms with E-state index in [1.165, 1.54) is 31.9 Å². The molecule has 0 radical (unpaired) electrons. The third kappa shape index (κ3) is 5.90. The van der Waals surface area contributed by atoms with Gasteiger partial charge in [0.05, 0.1) is 0 Å². The summed E-state index contributed by atoms with van der Waals surface area (Å²) in [5, 5.41) is 9.72. The van der Waals surface area contributed by atoms with Crippen LogP contribution < -0.4 is 4.74 Å². The fourth-order valence-corrected chi connectivity index (χ4v) is 6.48. The number of esters is 1. The lowest BCUT2D eigenvalue weighted by atomic mass is 9.57. The average molecular weight is 503 g/mol. The lowest BCUT2D eigenvalue weighted by Gasteiger charge is -2.54. The van der Waals surface area contributed by atoms with E-state index >= 15 is 0 Å². The fourth-order valence-electron chi connectivity index (χ4n) is 6.48. The van der Waals surface area contributed by atoms with Gasteiger partial charge in [0.2, 0.25) is 5.91 Å². The molecule has 3 atom stereocenters. The summed E-state index contributed by atoms with van der Waals surface area (Å²) in [4.78, 5) is 29.4. The molecule has 5 rings (SSSR count). The lowest BCUT2D eigenvalue weighted by molar-refractivity contribution is -0.132. The zero-order valence-corrected chi connectivity index (χ0v) is 21.9. The smallest absolute Gasteiger partial charge is 0.308 e. The minimum atomic E-state index is -0.309. The average Bonchev–Trinajstić information content (AvgIpc) is 3.70. The maximum atomic E-state index is 13.2. The molecule has 0 spiro atoms. The molecule has 3 fully saturated rings. The van der Waals surface area contributed by atoms with Crippen LogP contribution in [0.3, 0.4) is 0 Å².